The van der Waals surface area contributed by atoms with E-state index in [1.54, 1.807) is 20.9 Å². The van der Waals surface area contributed by atoms with E-state index in [-0.39, 0.29) is 12.5 Å². The van der Waals surface area contributed by atoms with Crippen molar-refractivity contribution in [3.63, 3.8) is 0 Å². The molecule has 0 aliphatic carbocycles. The summed E-state index contributed by atoms with van der Waals surface area (Å²) in [5.41, 5.74) is 0.979. The minimum absolute atomic E-state index is 0.155. The molecule has 1 unspecified atom stereocenters. The van der Waals surface area contributed by atoms with Crippen LogP contribution in [0.4, 0.5) is 0 Å². The van der Waals surface area contributed by atoms with Gasteiger partial charge in [0.25, 0.3) is 5.91 Å². The molecule has 6 nitrogen and oxygen atoms in total. The van der Waals surface area contributed by atoms with Gasteiger partial charge in [-0.15, -0.1) is 0 Å². The third-order valence-electron chi connectivity index (χ3n) is 2.46. The highest BCUT2D eigenvalue weighted by Crippen LogP contribution is 2.07. The lowest BCUT2D eigenvalue weighted by Crippen LogP contribution is -2.34. The van der Waals surface area contributed by atoms with E-state index < -0.39 is 11.9 Å². The number of nitrogens with zero attached hydrogens (tertiary/aromatic N) is 3. The van der Waals surface area contributed by atoms with Crippen LogP contribution in [0.1, 0.15) is 23.0 Å². The normalized spacial score (nSPS) is 11.9. The number of aliphatic carboxylic acids is 1. The zero-order valence-electron chi connectivity index (χ0n) is 10.0. The van der Waals surface area contributed by atoms with Crippen LogP contribution >= 0.6 is 0 Å². The molecule has 0 bridgehead atoms. The van der Waals surface area contributed by atoms with Crippen molar-refractivity contribution < 1.29 is 14.7 Å². The van der Waals surface area contributed by atoms with Crippen LogP contribution in [0.5, 0.6) is 0 Å². The first kappa shape index (κ1) is 13.1. The third-order valence-corrected chi connectivity index (χ3v) is 2.46. The quantitative estimate of drug-likeness (QED) is 0.828. The molecule has 17 heavy (non-hydrogen) atoms. The van der Waals surface area contributed by atoms with Crippen LogP contribution in [-0.4, -0.2) is 45.4 Å². The number of carboxylic acid groups (broad SMARTS) is 1. The fourth-order valence-electron chi connectivity index (χ4n) is 1.38. The number of hydrogen-bond donors (Lipinski definition) is 1. The molecule has 0 spiro atoms. The van der Waals surface area contributed by atoms with Crippen LogP contribution in [0.15, 0.2) is 12.5 Å². The van der Waals surface area contributed by atoms with Crippen LogP contribution in [0, 0.1) is 12.8 Å². The van der Waals surface area contributed by atoms with Crippen molar-refractivity contribution in [2.75, 3.05) is 13.6 Å². The van der Waals surface area contributed by atoms with E-state index >= 15 is 0 Å². The number of carbonyl (C=O) groups excluding carboxylic acids is 1. The van der Waals surface area contributed by atoms with Crippen molar-refractivity contribution in [1.82, 2.24) is 14.9 Å². The lowest BCUT2D eigenvalue weighted by Gasteiger charge is -2.19. The van der Waals surface area contributed by atoms with Crippen LogP contribution in [0.3, 0.4) is 0 Å². The van der Waals surface area contributed by atoms with Gasteiger partial charge in [-0.2, -0.15) is 0 Å². The lowest BCUT2D eigenvalue weighted by molar-refractivity contribution is -0.141. The Morgan fingerprint density at radius 3 is 2.71 bits per heavy atom. The maximum absolute atomic E-state index is 12.0. The standard InChI is InChI=1S/C11H15N3O3/c1-7(11(16)17)5-14(3)10(15)9-4-12-6-13-8(9)2/h4,6-7H,5H2,1-3H3,(H,16,17). The summed E-state index contributed by atoms with van der Waals surface area (Å²) in [6.45, 7) is 3.42. The Balaban J connectivity index is 2.77. The van der Waals surface area contributed by atoms with Gasteiger partial charge in [0, 0.05) is 19.8 Å². The minimum Gasteiger partial charge on any atom is -0.481 e. The molecular formula is C11H15N3O3. The number of aromatic nitrogens is 2. The molecule has 1 rings (SSSR count). The van der Waals surface area contributed by atoms with Gasteiger partial charge < -0.3 is 10.0 Å². The van der Waals surface area contributed by atoms with Gasteiger partial charge in [0.15, 0.2) is 0 Å². The molecule has 0 fully saturated rings. The van der Waals surface area contributed by atoms with Gasteiger partial charge in [-0.05, 0) is 6.92 Å². The van der Waals surface area contributed by atoms with Crippen molar-refractivity contribution in [3.05, 3.63) is 23.8 Å². The zero-order chi connectivity index (χ0) is 13.0. The first-order chi connectivity index (χ1) is 7.93. The van der Waals surface area contributed by atoms with E-state index in [0.29, 0.717) is 11.3 Å². The summed E-state index contributed by atoms with van der Waals surface area (Å²) in [6, 6.07) is 0. The van der Waals surface area contributed by atoms with E-state index in [1.807, 2.05) is 0 Å². The van der Waals surface area contributed by atoms with E-state index in [0.717, 1.165) is 0 Å². The largest absolute Gasteiger partial charge is 0.481 e. The van der Waals surface area contributed by atoms with E-state index in [9.17, 15) is 9.59 Å². The second-order valence-corrected chi connectivity index (χ2v) is 3.95. The molecular weight excluding hydrogens is 222 g/mol. The molecule has 1 N–H and O–H groups in total. The summed E-state index contributed by atoms with van der Waals surface area (Å²) in [6.07, 6.45) is 2.80. The number of amides is 1. The van der Waals surface area contributed by atoms with Crippen molar-refractivity contribution in [2.45, 2.75) is 13.8 Å². The van der Waals surface area contributed by atoms with Gasteiger partial charge in [0.2, 0.25) is 0 Å². The Morgan fingerprint density at radius 1 is 1.53 bits per heavy atom. The smallest absolute Gasteiger partial charge is 0.308 e. The Bertz CT molecular complexity index is 434. The minimum atomic E-state index is -0.925. The third kappa shape index (κ3) is 3.24. The lowest BCUT2D eigenvalue weighted by atomic mass is 10.1. The summed E-state index contributed by atoms with van der Waals surface area (Å²) in [7, 11) is 1.56. The molecule has 0 saturated carbocycles. The molecule has 6 heteroatoms. The molecule has 0 aliphatic rings. The van der Waals surface area contributed by atoms with E-state index in [1.165, 1.54) is 17.4 Å². The average molecular weight is 237 g/mol. The Hall–Kier alpha value is -1.98. The van der Waals surface area contributed by atoms with Crippen molar-refractivity contribution in [1.29, 1.82) is 0 Å². The summed E-state index contributed by atoms with van der Waals surface area (Å²) in [5, 5.41) is 8.78. The highest BCUT2D eigenvalue weighted by Gasteiger charge is 2.20. The number of rotatable bonds is 4. The Labute approximate surface area is 99.3 Å². The predicted octanol–water partition coefficient (Wildman–Crippen LogP) is 0.578. The predicted molar refractivity (Wildman–Crippen MR) is 60.5 cm³/mol. The van der Waals surface area contributed by atoms with Crippen LogP contribution in [0.25, 0.3) is 0 Å². The first-order valence-electron chi connectivity index (χ1n) is 5.18. The van der Waals surface area contributed by atoms with Gasteiger partial charge in [-0.3, -0.25) is 9.59 Å². The number of aryl methyl sites for hydroxylation is 1. The zero-order valence-corrected chi connectivity index (χ0v) is 10.0. The molecule has 92 valence electrons. The second-order valence-electron chi connectivity index (χ2n) is 3.95. The SMILES string of the molecule is Cc1ncncc1C(=O)N(C)CC(C)C(=O)O. The molecule has 1 aromatic heterocycles. The highest BCUT2D eigenvalue weighted by atomic mass is 16.4. The van der Waals surface area contributed by atoms with Gasteiger partial charge in [-0.25, -0.2) is 9.97 Å². The van der Waals surface area contributed by atoms with Crippen molar-refractivity contribution >= 4 is 11.9 Å². The fourth-order valence-corrected chi connectivity index (χ4v) is 1.38. The van der Waals surface area contributed by atoms with Gasteiger partial charge >= 0.3 is 5.97 Å². The first-order valence-corrected chi connectivity index (χ1v) is 5.18. The number of carbonyl (C=O) groups is 2. The summed E-state index contributed by atoms with van der Waals surface area (Å²) < 4.78 is 0. The molecule has 0 saturated heterocycles. The topological polar surface area (TPSA) is 83.4 Å². The fraction of sp³-hybridized carbons (Fsp3) is 0.455. The van der Waals surface area contributed by atoms with Crippen molar-refractivity contribution in [2.24, 2.45) is 5.92 Å². The molecule has 0 aromatic carbocycles. The maximum atomic E-state index is 12.0. The highest BCUT2D eigenvalue weighted by molar-refractivity contribution is 5.94. The summed E-state index contributed by atoms with van der Waals surface area (Å²) >= 11 is 0. The molecule has 1 amide bonds. The monoisotopic (exact) mass is 237 g/mol. The van der Waals surface area contributed by atoms with Crippen LogP contribution in [-0.2, 0) is 4.79 Å². The average Bonchev–Trinajstić information content (AvgIpc) is 2.28. The molecule has 1 atom stereocenters. The van der Waals surface area contributed by atoms with Gasteiger partial charge in [0.1, 0.15) is 6.33 Å². The molecule has 0 radical (unpaired) electrons. The second kappa shape index (κ2) is 5.38. The molecule has 1 heterocycles. The van der Waals surface area contributed by atoms with Gasteiger partial charge in [-0.1, -0.05) is 6.92 Å². The van der Waals surface area contributed by atoms with Crippen LogP contribution in [0.2, 0.25) is 0 Å². The number of hydrogen-bond acceptors (Lipinski definition) is 4. The summed E-state index contributed by atoms with van der Waals surface area (Å²) in [5.74, 6) is -1.80. The summed E-state index contributed by atoms with van der Waals surface area (Å²) in [4.78, 5) is 31.8. The molecule has 0 aliphatic heterocycles. The van der Waals surface area contributed by atoms with E-state index in [2.05, 4.69) is 9.97 Å². The van der Waals surface area contributed by atoms with Crippen molar-refractivity contribution in [3.8, 4) is 0 Å². The maximum Gasteiger partial charge on any atom is 0.308 e. The van der Waals surface area contributed by atoms with Crippen LogP contribution < -0.4 is 0 Å². The molecule has 1 aromatic rings. The van der Waals surface area contributed by atoms with Gasteiger partial charge in [0.05, 0.1) is 17.2 Å². The van der Waals surface area contributed by atoms with E-state index in [4.69, 9.17) is 5.11 Å². The number of carboxylic acids is 1. The Morgan fingerprint density at radius 2 is 2.18 bits per heavy atom. The Kier molecular flexibility index (Phi) is 4.14.